The van der Waals surface area contributed by atoms with Gasteiger partial charge in [0.15, 0.2) is 6.29 Å². The minimum absolute atomic E-state index is 0.0504. The summed E-state index contributed by atoms with van der Waals surface area (Å²) in [6, 6.07) is 16.7. The first-order valence-corrected chi connectivity index (χ1v) is 5.28. The van der Waals surface area contributed by atoms with Crippen LogP contribution < -0.4 is 9.47 Å². The molecule has 0 radical (unpaired) electrons. The number of hydrogen-bond donors (Lipinski definition) is 0. The summed E-state index contributed by atoms with van der Waals surface area (Å²) < 4.78 is 10.8. The molecule has 0 aliphatic heterocycles. The Morgan fingerprint density at radius 2 is 1.59 bits per heavy atom. The van der Waals surface area contributed by atoms with Crippen molar-refractivity contribution in [2.24, 2.45) is 0 Å². The number of carbonyl (C=O) groups excluding carboxylic acids is 1. The van der Waals surface area contributed by atoms with Crippen LogP contribution in [0.4, 0.5) is 0 Å². The van der Waals surface area contributed by atoms with Crippen LogP contribution in [-0.4, -0.2) is 12.9 Å². The van der Waals surface area contributed by atoms with Gasteiger partial charge in [0.05, 0.1) is 0 Å². The van der Waals surface area contributed by atoms with Gasteiger partial charge in [-0.15, -0.1) is 0 Å². The second-order valence-electron chi connectivity index (χ2n) is 3.37. The van der Waals surface area contributed by atoms with Gasteiger partial charge < -0.3 is 9.47 Å². The van der Waals surface area contributed by atoms with Gasteiger partial charge >= 0.3 is 0 Å². The van der Waals surface area contributed by atoms with E-state index in [9.17, 15) is 4.79 Å². The molecule has 0 aliphatic carbocycles. The molecule has 0 unspecified atom stereocenters. The van der Waals surface area contributed by atoms with Gasteiger partial charge in [-0.3, -0.25) is 4.79 Å². The van der Waals surface area contributed by atoms with Crippen LogP contribution >= 0.6 is 0 Å². The molecular weight excluding hydrogens is 216 g/mol. The van der Waals surface area contributed by atoms with Crippen molar-refractivity contribution in [1.82, 2.24) is 0 Å². The summed E-state index contributed by atoms with van der Waals surface area (Å²) in [5.41, 5.74) is 0. The molecule has 0 fully saturated rings. The number of ether oxygens (including phenoxy) is 2. The standard InChI is InChI=1S/C14H12O3/c15-9-10-16-13-7-4-8-14(11-13)17-12-5-2-1-3-6-12/h1-9,11H,10H2. The van der Waals surface area contributed by atoms with Gasteiger partial charge in [0.2, 0.25) is 0 Å². The number of aldehydes is 1. The predicted molar refractivity (Wildman–Crippen MR) is 64.5 cm³/mol. The summed E-state index contributed by atoms with van der Waals surface area (Å²) in [5.74, 6) is 2.06. The van der Waals surface area contributed by atoms with Crippen molar-refractivity contribution >= 4 is 6.29 Å². The third-order valence-electron chi connectivity index (χ3n) is 2.10. The van der Waals surface area contributed by atoms with E-state index in [1.807, 2.05) is 42.5 Å². The Hall–Kier alpha value is -2.29. The molecular formula is C14H12O3. The highest BCUT2D eigenvalue weighted by molar-refractivity contribution is 5.51. The van der Waals surface area contributed by atoms with Gasteiger partial charge in [0.25, 0.3) is 0 Å². The molecule has 0 amide bonds. The number of benzene rings is 2. The fourth-order valence-corrected chi connectivity index (χ4v) is 1.38. The maximum Gasteiger partial charge on any atom is 0.157 e. The largest absolute Gasteiger partial charge is 0.486 e. The van der Waals surface area contributed by atoms with E-state index in [0.29, 0.717) is 17.8 Å². The van der Waals surface area contributed by atoms with Crippen LogP contribution in [0.2, 0.25) is 0 Å². The molecule has 0 saturated heterocycles. The predicted octanol–water partition coefficient (Wildman–Crippen LogP) is 3.06. The first-order chi connectivity index (χ1) is 8.38. The van der Waals surface area contributed by atoms with E-state index in [2.05, 4.69) is 0 Å². The average Bonchev–Trinajstić information content (AvgIpc) is 2.38. The van der Waals surface area contributed by atoms with Crippen molar-refractivity contribution in [3.05, 3.63) is 54.6 Å². The number of carbonyl (C=O) groups is 1. The molecule has 86 valence electrons. The summed E-state index contributed by atoms with van der Waals surface area (Å²) in [6.07, 6.45) is 0.713. The highest BCUT2D eigenvalue weighted by Gasteiger charge is 1.99. The highest BCUT2D eigenvalue weighted by atomic mass is 16.5. The van der Waals surface area contributed by atoms with Gasteiger partial charge in [0.1, 0.15) is 23.9 Å². The van der Waals surface area contributed by atoms with Crippen LogP contribution in [-0.2, 0) is 4.79 Å². The van der Waals surface area contributed by atoms with Gasteiger partial charge in [-0.05, 0) is 24.3 Å². The maximum absolute atomic E-state index is 10.2. The van der Waals surface area contributed by atoms with Gasteiger partial charge in [-0.2, -0.15) is 0 Å². The van der Waals surface area contributed by atoms with E-state index < -0.39 is 0 Å². The average molecular weight is 228 g/mol. The summed E-state index contributed by atoms with van der Waals surface area (Å²) >= 11 is 0. The van der Waals surface area contributed by atoms with Gasteiger partial charge in [0, 0.05) is 6.07 Å². The molecule has 2 rings (SSSR count). The van der Waals surface area contributed by atoms with Crippen LogP contribution in [0.1, 0.15) is 0 Å². The molecule has 2 aromatic rings. The molecule has 0 heterocycles. The molecule has 17 heavy (non-hydrogen) atoms. The van der Waals surface area contributed by atoms with Crippen molar-refractivity contribution in [2.45, 2.75) is 0 Å². The molecule has 3 nitrogen and oxygen atoms in total. The summed E-state index contributed by atoms with van der Waals surface area (Å²) in [7, 11) is 0. The lowest BCUT2D eigenvalue weighted by atomic mass is 10.3. The molecule has 0 N–H and O–H groups in total. The molecule has 0 aliphatic rings. The number of para-hydroxylation sites is 1. The van der Waals surface area contributed by atoms with E-state index in [0.717, 1.165) is 5.75 Å². The second kappa shape index (κ2) is 5.70. The fraction of sp³-hybridized carbons (Fsp3) is 0.0714. The highest BCUT2D eigenvalue weighted by Crippen LogP contribution is 2.24. The Labute approximate surface area is 99.6 Å². The summed E-state index contributed by atoms with van der Waals surface area (Å²) in [5, 5.41) is 0. The normalized spacial score (nSPS) is 9.65. The first-order valence-electron chi connectivity index (χ1n) is 5.28. The van der Waals surface area contributed by atoms with Crippen LogP contribution in [0, 0.1) is 0 Å². The number of hydrogen-bond acceptors (Lipinski definition) is 3. The molecule has 3 heteroatoms. The lowest BCUT2D eigenvalue weighted by molar-refractivity contribution is -0.109. The third kappa shape index (κ3) is 3.34. The van der Waals surface area contributed by atoms with Crippen LogP contribution in [0.5, 0.6) is 17.2 Å². The van der Waals surface area contributed by atoms with E-state index in [-0.39, 0.29) is 6.61 Å². The van der Waals surface area contributed by atoms with Gasteiger partial charge in [-0.25, -0.2) is 0 Å². The van der Waals surface area contributed by atoms with Crippen LogP contribution in [0.25, 0.3) is 0 Å². The monoisotopic (exact) mass is 228 g/mol. The third-order valence-corrected chi connectivity index (χ3v) is 2.10. The van der Waals surface area contributed by atoms with E-state index in [1.165, 1.54) is 0 Å². The minimum atomic E-state index is 0.0504. The van der Waals surface area contributed by atoms with Crippen molar-refractivity contribution in [3.63, 3.8) is 0 Å². The number of rotatable bonds is 5. The Kier molecular flexibility index (Phi) is 3.76. The Morgan fingerprint density at radius 3 is 2.35 bits per heavy atom. The van der Waals surface area contributed by atoms with E-state index in [4.69, 9.17) is 9.47 Å². The zero-order valence-electron chi connectivity index (χ0n) is 9.21. The molecule has 0 aromatic heterocycles. The minimum Gasteiger partial charge on any atom is -0.486 e. The van der Waals surface area contributed by atoms with Crippen LogP contribution in [0.15, 0.2) is 54.6 Å². The van der Waals surface area contributed by atoms with Crippen molar-refractivity contribution in [3.8, 4) is 17.2 Å². The maximum atomic E-state index is 10.2. The fourth-order valence-electron chi connectivity index (χ4n) is 1.38. The molecule has 0 saturated carbocycles. The first kappa shape index (κ1) is 11.2. The van der Waals surface area contributed by atoms with E-state index >= 15 is 0 Å². The summed E-state index contributed by atoms with van der Waals surface area (Å²) in [6.45, 7) is 0.0504. The Bertz CT molecular complexity index is 480. The Balaban J connectivity index is 2.08. The molecule has 0 spiro atoms. The zero-order chi connectivity index (χ0) is 11.9. The van der Waals surface area contributed by atoms with Crippen LogP contribution in [0.3, 0.4) is 0 Å². The van der Waals surface area contributed by atoms with Crippen molar-refractivity contribution < 1.29 is 14.3 Å². The quantitative estimate of drug-likeness (QED) is 0.738. The smallest absolute Gasteiger partial charge is 0.157 e. The molecule has 0 bridgehead atoms. The lowest BCUT2D eigenvalue weighted by Gasteiger charge is -2.07. The molecule has 2 aromatic carbocycles. The molecule has 0 atom stereocenters. The summed E-state index contributed by atoms with van der Waals surface area (Å²) in [4.78, 5) is 10.2. The van der Waals surface area contributed by atoms with E-state index in [1.54, 1.807) is 12.1 Å². The van der Waals surface area contributed by atoms with Crippen molar-refractivity contribution in [2.75, 3.05) is 6.61 Å². The topological polar surface area (TPSA) is 35.5 Å². The second-order valence-corrected chi connectivity index (χ2v) is 3.37. The SMILES string of the molecule is O=CCOc1cccc(Oc2ccccc2)c1. The zero-order valence-corrected chi connectivity index (χ0v) is 9.21. The van der Waals surface area contributed by atoms with Crippen molar-refractivity contribution in [1.29, 1.82) is 0 Å². The lowest BCUT2D eigenvalue weighted by Crippen LogP contribution is -1.97. The Morgan fingerprint density at radius 1 is 0.882 bits per heavy atom. The van der Waals surface area contributed by atoms with Gasteiger partial charge in [-0.1, -0.05) is 24.3 Å².